The Balaban J connectivity index is 2.33. The molecular weight excluding hydrogens is 188 g/mol. The van der Waals surface area contributed by atoms with Crippen LogP contribution in [-0.4, -0.2) is 14.8 Å². The second-order valence-electron chi connectivity index (χ2n) is 4.81. The van der Waals surface area contributed by atoms with Gasteiger partial charge in [0.05, 0.1) is 6.54 Å². The van der Waals surface area contributed by atoms with E-state index in [2.05, 4.69) is 35.5 Å². The Morgan fingerprint density at radius 3 is 2.47 bits per heavy atom. The Hall–Kier alpha value is -0.900. The monoisotopic (exact) mass is 208 g/mol. The maximum absolute atomic E-state index is 5.68. The van der Waals surface area contributed by atoms with Crippen LogP contribution in [0.25, 0.3) is 0 Å². The molecule has 15 heavy (non-hydrogen) atoms. The predicted octanol–water partition coefficient (Wildman–Crippen LogP) is 1.83. The molecule has 2 N–H and O–H groups in total. The summed E-state index contributed by atoms with van der Waals surface area (Å²) in [5, 5.41) is 8.49. The van der Waals surface area contributed by atoms with Crippen molar-refractivity contribution in [1.29, 1.82) is 0 Å². The SMILES string of the molecule is CC(C)C(C)c1nnc(CN)n1C1CC1. The molecule has 1 unspecified atom stereocenters. The molecule has 0 saturated heterocycles. The highest BCUT2D eigenvalue weighted by atomic mass is 15.3. The van der Waals surface area contributed by atoms with E-state index in [1.165, 1.54) is 12.8 Å². The van der Waals surface area contributed by atoms with Crippen molar-refractivity contribution in [2.75, 3.05) is 0 Å². The fraction of sp³-hybridized carbons (Fsp3) is 0.818. The second kappa shape index (κ2) is 3.93. The highest BCUT2D eigenvalue weighted by Crippen LogP contribution is 2.38. The van der Waals surface area contributed by atoms with Gasteiger partial charge in [0.25, 0.3) is 0 Å². The van der Waals surface area contributed by atoms with Crippen molar-refractivity contribution in [3.05, 3.63) is 11.6 Å². The first-order chi connectivity index (χ1) is 7.15. The van der Waals surface area contributed by atoms with Crippen LogP contribution in [0.3, 0.4) is 0 Å². The molecule has 2 rings (SSSR count). The van der Waals surface area contributed by atoms with Gasteiger partial charge < -0.3 is 10.3 Å². The highest BCUT2D eigenvalue weighted by molar-refractivity contribution is 5.07. The minimum Gasteiger partial charge on any atom is -0.324 e. The first-order valence-corrected chi connectivity index (χ1v) is 5.78. The Labute approximate surface area is 90.9 Å². The van der Waals surface area contributed by atoms with Crippen LogP contribution in [0.4, 0.5) is 0 Å². The predicted molar refractivity (Wildman–Crippen MR) is 59.4 cm³/mol. The van der Waals surface area contributed by atoms with Crippen molar-refractivity contribution in [2.45, 2.75) is 52.1 Å². The van der Waals surface area contributed by atoms with Gasteiger partial charge in [0, 0.05) is 12.0 Å². The average Bonchev–Trinajstić information content (AvgIpc) is 2.96. The molecule has 0 aromatic carbocycles. The molecule has 1 fully saturated rings. The van der Waals surface area contributed by atoms with Gasteiger partial charge in [0.15, 0.2) is 0 Å². The lowest BCUT2D eigenvalue weighted by molar-refractivity contribution is 0.480. The van der Waals surface area contributed by atoms with E-state index in [0.717, 1.165) is 11.6 Å². The van der Waals surface area contributed by atoms with Crippen LogP contribution >= 0.6 is 0 Å². The Bertz CT molecular complexity index is 338. The third-order valence-corrected chi connectivity index (χ3v) is 3.29. The quantitative estimate of drug-likeness (QED) is 0.821. The molecule has 0 aliphatic heterocycles. The lowest BCUT2D eigenvalue weighted by Gasteiger charge is -2.16. The summed E-state index contributed by atoms with van der Waals surface area (Å²) in [6.45, 7) is 7.15. The zero-order valence-corrected chi connectivity index (χ0v) is 9.77. The zero-order valence-electron chi connectivity index (χ0n) is 9.77. The fourth-order valence-corrected chi connectivity index (χ4v) is 1.82. The first kappa shape index (κ1) is 10.6. The number of nitrogens with two attached hydrogens (primary N) is 1. The molecule has 84 valence electrons. The topological polar surface area (TPSA) is 56.7 Å². The van der Waals surface area contributed by atoms with Crippen molar-refractivity contribution in [3.8, 4) is 0 Å². The molecule has 1 saturated carbocycles. The van der Waals surface area contributed by atoms with Crippen molar-refractivity contribution in [1.82, 2.24) is 14.8 Å². The Morgan fingerprint density at radius 1 is 1.33 bits per heavy atom. The molecule has 0 spiro atoms. The number of nitrogens with zero attached hydrogens (tertiary/aromatic N) is 3. The van der Waals surface area contributed by atoms with E-state index in [-0.39, 0.29) is 0 Å². The summed E-state index contributed by atoms with van der Waals surface area (Å²) < 4.78 is 2.27. The third-order valence-electron chi connectivity index (χ3n) is 3.29. The Kier molecular flexibility index (Phi) is 2.78. The van der Waals surface area contributed by atoms with Gasteiger partial charge in [-0.3, -0.25) is 0 Å². The number of hydrogen-bond donors (Lipinski definition) is 1. The molecule has 0 radical (unpaired) electrons. The second-order valence-corrected chi connectivity index (χ2v) is 4.81. The zero-order chi connectivity index (χ0) is 11.0. The van der Waals surface area contributed by atoms with E-state index in [4.69, 9.17) is 5.73 Å². The van der Waals surface area contributed by atoms with Crippen LogP contribution in [0.5, 0.6) is 0 Å². The average molecular weight is 208 g/mol. The van der Waals surface area contributed by atoms with Crippen LogP contribution in [0.2, 0.25) is 0 Å². The van der Waals surface area contributed by atoms with E-state index >= 15 is 0 Å². The van der Waals surface area contributed by atoms with Gasteiger partial charge in [-0.05, 0) is 18.8 Å². The van der Waals surface area contributed by atoms with E-state index < -0.39 is 0 Å². The number of hydrogen-bond acceptors (Lipinski definition) is 3. The minimum absolute atomic E-state index is 0.457. The fourth-order valence-electron chi connectivity index (χ4n) is 1.82. The summed E-state index contributed by atoms with van der Waals surface area (Å²) in [6, 6.07) is 0.620. The maximum Gasteiger partial charge on any atom is 0.147 e. The molecular formula is C11H20N4. The molecule has 4 nitrogen and oxygen atoms in total. The summed E-state index contributed by atoms with van der Waals surface area (Å²) in [6.07, 6.45) is 2.51. The van der Waals surface area contributed by atoms with Crippen LogP contribution in [0.15, 0.2) is 0 Å². The lowest BCUT2D eigenvalue weighted by atomic mass is 9.97. The molecule has 1 aliphatic carbocycles. The molecule has 1 aromatic heterocycles. The number of aromatic nitrogens is 3. The largest absolute Gasteiger partial charge is 0.324 e. The van der Waals surface area contributed by atoms with Crippen molar-refractivity contribution in [3.63, 3.8) is 0 Å². The van der Waals surface area contributed by atoms with Gasteiger partial charge in [0.2, 0.25) is 0 Å². The van der Waals surface area contributed by atoms with E-state index in [1.807, 2.05) is 0 Å². The maximum atomic E-state index is 5.68. The van der Waals surface area contributed by atoms with Crippen LogP contribution in [0, 0.1) is 5.92 Å². The molecule has 0 amide bonds. The van der Waals surface area contributed by atoms with Crippen molar-refractivity contribution < 1.29 is 0 Å². The molecule has 1 atom stereocenters. The Morgan fingerprint density at radius 2 is 2.00 bits per heavy atom. The summed E-state index contributed by atoms with van der Waals surface area (Å²) in [5.41, 5.74) is 5.68. The van der Waals surface area contributed by atoms with Crippen molar-refractivity contribution in [2.24, 2.45) is 11.7 Å². The van der Waals surface area contributed by atoms with Gasteiger partial charge in [-0.1, -0.05) is 20.8 Å². The smallest absolute Gasteiger partial charge is 0.147 e. The molecule has 0 bridgehead atoms. The summed E-state index contributed by atoms with van der Waals surface area (Å²) in [5.74, 6) is 3.11. The summed E-state index contributed by atoms with van der Waals surface area (Å²) in [7, 11) is 0. The van der Waals surface area contributed by atoms with E-state index in [0.29, 0.717) is 24.4 Å². The first-order valence-electron chi connectivity index (χ1n) is 5.78. The van der Waals surface area contributed by atoms with Gasteiger partial charge in [-0.2, -0.15) is 0 Å². The van der Waals surface area contributed by atoms with Crippen molar-refractivity contribution >= 4 is 0 Å². The summed E-state index contributed by atoms with van der Waals surface area (Å²) >= 11 is 0. The van der Waals surface area contributed by atoms with Crippen LogP contribution in [-0.2, 0) is 6.54 Å². The molecule has 1 heterocycles. The summed E-state index contributed by atoms with van der Waals surface area (Å²) in [4.78, 5) is 0. The van der Waals surface area contributed by atoms with Crippen LogP contribution < -0.4 is 5.73 Å². The van der Waals surface area contributed by atoms with E-state index in [9.17, 15) is 0 Å². The third kappa shape index (κ3) is 1.91. The number of rotatable bonds is 4. The van der Waals surface area contributed by atoms with Gasteiger partial charge in [-0.15, -0.1) is 10.2 Å². The normalized spacial score (nSPS) is 18.5. The van der Waals surface area contributed by atoms with Gasteiger partial charge in [-0.25, -0.2) is 0 Å². The highest BCUT2D eigenvalue weighted by Gasteiger charge is 2.31. The standard InChI is InChI=1S/C11H20N4/c1-7(2)8(3)11-14-13-10(6-12)15(11)9-4-5-9/h7-9H,4-6,12H2,1-3H3. The van der Waals surface area contributed by atoms with E-state index in [1.54, 1.807) is 0 Å². The van der Waals surface area contributed by atoms with Crippen LogP contribution in [0.1, 0.15) is 57.2 Å². The molecule has 1 aliphatic rings. The minimum atomic E-state index is 0.457. The van der Waals surface area contributed by atoms with Gasteiger partial charge >= 0.3 is 0 Å². The molecule has 4 heteroatoms. The van der Waals surface area contributed by atoms with Gasteiger partial charge in [0.1, 0.15) is 11.6 Å². The lowest BCUT2D eigenvalue weighted by Crippen LogP contribution is -2.14. The molecule has 1 aromatic rings.